The van der Waals surface area contributed by atoms with E-state index in [9.17, 15) is 0 Å². The molecule has 4 heteroatoms. The van der Waals surface area contributed by atoms with Gasteiger partial charge in [0.05, 0.1) is 18.4 Å². The topological polar surface area (TPSA) is 39.1 Å². The molecule has 0 aliphatic heterocycles. The second kappa shape index (κ2) is 7.67. The molecule has 0 fully saturated rings. The Bertz CT molecular complexity index is 410. The lowest BCUT2D eigenvalue weighted by Crippen LogP contribution is -2.29. The van der Waals surface area contributed by atoms with Crippen LogP contribution in [0.2, 0.25) is 0 Å². The van der Waals surface area contributed by atoms with Crippen molar-refractivity contribution in [3.63, 3.8) is 0 Å². The zero-order chi connectivity index (χ0) is 15.2. The van der Waals surface area contributed by atoms with Crippen LogP contribution in [-0.2, 0) is 13.6 Å². The van der Waals surface area contributed by atoms with E-state index in [1.165, 1.54) is 31.2 Å². The zero-order valence-corrected chi connectivity index (χ0v) is 14.0. The van der Waals surface area contributed by atoms with Crippen molar-refractivity contribution in [3.05, 3.63) is 11.3 Å². The first-order chi connectivity index (χ1) is 9.41. The van der Waals surface area contributed by atoms with E-state index in [0.717, 1.165) is 24.7 Å². The Morgan fingerprint density at radius 2 is 2.00 bits per heavy atom. The van der Waals surface area contributed by atoms with E-state index in [1.54, 1.807) is 11.8 Å². The van der Waals surface area contributed by atoms with Crippen LogP contribution in [0.3, 0.4) is 0 Å². The molecule has 0 saturated carbocycles. The standard InChI is InChI=1S/C16H31N3O/c1-7-8-9-10-16(3,4)12-17-11-14-13(2)18-19(5)15(14)20-6/h17H,7-12H2,1-6H3. The van der Waals surface area contributed by atoms with Crippen LogP contribution >= 0.6 is 0 Å². The fourth-order valence-corrected chi connectivity index (χ4v) is 2.61. The Morgan fingerprint density at radius 3 is 2.60 bits per heavy atom. The number of unbranched alkanes of at least 4 members (excludes halogenated alkanes) is 2. The van der Waals surface area contributed by atoms with E-state index >= 15 is 0 Å². The first-order valence-electron chi connectivity index (χ1n) is 7.68. The molecule has 0 aliphatic carbocycles. The third-order valence-electron chi connectivity index (χ3n) is 3.84. The fourth-order valence-electron chi connectivity index (χ4n) is 2.61. The van der Waals surface area contributed by atoms with E-state index in [1.807, 2.05) is 14.0 Å². The SMILES string of the molecule is CCCCCC(C)(C)CNCc1c(C)nn(C)c1OC. The average molecular weight is 281 g/mol. The van der Waals surface area contributed by atoms with E-state index in [0.29, 0.717) is 5.41 Å². The summed E-state index contributed by atoms with van der Waals surface area (Å²) < 4.78 is 7.22. The molecule has 1 rings (SSSR count). The van der Waals surface area contributed by atoms with Crippen molar-refractivity contribution in [3.8, 4) is 5.88 Å². The molecule has 0 atom stereocenters. The number of hydrogen-bond acceptors (Lipinski definition) is 3. The molecule has 1 aromatic heterocycles. The highest BCUT2D eigenvalue weighted by atomic mass is 16.5. The van der Waals surface area contributed by atoms with Gasteiger partial charge >= 0.3 is 0 Å². The van der Waals surface area contributed by atoms with Gasteiger partial charge in [-0.1, -0.05) is 40.0 Å². The van der Waals surface area contributed by atoms with Gasteiger partial charge in [0.2, 0.25) is 5.88 Å². The van der Waals surface area contributed by atoms with Crippen LogP contribution in [0.1, 0.15) is 57.7 Å². The summed E-state index contributed by atoms with van der Waals surface area (Å²) in [5.41, 5.74) is 2.55. The average Bonchev–Trinajstić information content (AvgIpc) is 2.63. The number of ether oxygens (including phenoxy) is 1. The Hall–Kier alpha value is -1.03. The molecular formula is C16H31N3O. The van der Waals surface area contributed by atoms with Crippen LogP contribution in [0.25, 0.3) is 0 Å². The Morgan fingerprint density at radius 1 is 1.30 bits per heavy atom. The second-order valence-electron chi connectivity index (χ2n) is 6.42. The molecule has 116 valence electrons. The number of nitrogens with one attached hydrogen (secondary N) is 1. The molecule has 0 unspecified atom stereocenters. The van der Waals surface area contributed by atoms with Crippen molar-refractivity contribution in [1.82, 2.24) is 15.1 Å². The summed E-state index contributed by atoms with van der Waals surface area (Å²) in [6, 6.07) is 0. The predicted octanol–water partition coefficient (Wildman–Crippen LogP) is 3.43. The Kier molecular flexibility index (Phi) is 6.53. The van der Waals surface area contributed by atoms with E-state index < -0.39 is 0 Å². The van der Waals surface area contributed by atoms with Crippen LogP contribution in [0.4, 0.5) is 0 Å². The van der Waals surface area contributed by atoms with E-state index in [4.69, 9.17) is 4.74 Å². The summed E-state index contributed by atoms with van der Waals surface area (Å²) in [5, 5.41) is 7.97. The molecule has 0 aromatic carbocycles. The molecule has 0 amide bonds. The van der Waals surface area contributed by atoms with Gasteiger partial charge in [0.15, 0.2) is 0 Å². The number of hydrogen-bond donors (Lipinski definition) is 1. The van der Waals surface area contributed by atoms with E-state index in [2.05, 4.69) is 31.2 Å². The summed E-state index contributed by atoms with van der Waals surface area (Å²) in [4.78, 5) is 0. The quantitative estimate of drug-likeness (QED) is 0.705. The van der Waals surface area contributed by atoms with Crippen molar-refractivity contribution >= 4 is 0 Å². The third-order valence-corrected chi connectivity index (χ3v) is 3.84. The first-order valence-corrected chi connectivity index (χ1v) is 7.68. The van der Waals surface area contributed by atoms with Gasteiger partial charge in [0, 0.05) is 20.1 Å². The number of aromatic nitrogens is 2. The molecular weight excluding hydrogens is 250 g/mol. The summed E-state index contributed by atoms with van der Waals surface area (Å²) in [5.74, 6) is 0.860. The highest BCUT2D eigenvalue weighted by Crippen LogP contribution is 2.24. The van der Waals surface area contributed by atoms with Gasteiger partial charge in [-0.25, -0.2) is 4.68 Å². The molecule has 1 aromatic rings. The predicted molar refractivity (Wildman–Crippen MR) is 84.1 cm³/mol. The minimum Gasteiger partial charge on any atom is -0.481 e. The maximum absolute atomic E-state index is 5.42. The monoisotopic (exact) mass is 281 g/mol. The number of nitrogens with zero attached hydrogens (tertiary/aromatic N) is 2. The lowest BCUT2D eigenvalue weighted by molar-refractivity contribution is 0.300. The van der Waals surface area contributed by atoms with Crippen LogP contribution in [0.15, 0.2) is 0 Å². The molecule has 0 saturated heterocycles. The molecule has 1 N–H and O–H groups in total. The van der Waals surface area contributed by atoms with Crippen molar-refractivity contribution in [2.24, 2.45) is 12.5 Å². The fraction of sp³-hybridized carbons (Fsp3) is 0.812. The minimum absolute atomic E-state index is 0.346. The number of aryl methyl sites for hydroxylation is 2. The van der Waals surface area contributed by atoms with Crippen molar-refractivity contribution in [2.45, 2.75) is 59.9 Å². The molecule has 0 radical (unpaired) electrons. The smallest absolute Gasteiger partial charge is 0.216 e. The first kappa shape index (κ1) is 17.0. The molecule has 0 spiro atoms. The summed E-state index contributed by atoms with van der Waals surface area (Å²) in [6.45, 7) is 10.8. The van der Waals surface area contributed by atoms with Crippen LogP contribution in [0.5, 0.6) is 5.88 Å². The maximum Gasteiger partial charge on any atom is 0.216 e. The van der Waals surface area contributed by atoms with Crippen molar-refractivity contribution in [1.29, 1.82) is 0 Å². The van der Waals surface area contributed by atoms with Gasteiger partial charge in [-0.15, -0.1) is 0 Å². The van der Waals surface area contributed by atoms with Gasteiger partial charge in [0.25, 0.3) is 0 Å². The summed E-state index contributed by atoms with van der Waals surface area (Å²) in [7, 11) is 3.62. The molecule has 0 bridgehead atoms. The number of methoxy groups -OCH3 is 1. The molecule has 20 heavy (non-hydrogen) atoms. The summed E-state index contributed by atoms with van der Waals surface area (Å²) in [6.07, 6.45) is 5.21. The number of rotatable bonds is 9. The van der Waals surface area contributed by atoms with E-state index in [-0.39, 0.29) is 0 Å². The second-order valence-corrected chi connectivity index (χ2v) is 6.42. The highest BCUT2D eigenvalue weighted by molar-refractivity contribution is 5.30. The van der Waals surface area contributed by atoms with Gasteiger partial charge in [-0.2, -0.15) is 5.10 Å². The Labute approximate surface area is 123 Å². The maximum atomic E-state index is 5.42. The van der Waals surface area contributed by atoms with Crippen LogP contribution < -0.4 is 10.1 Å². The lowest BCUT2D eigenvalue weighted by atomic mass is 9.87. The zero-order valence-electron chi connectivity index (χ0n) is 14.0. The molecule has 0 aliphatic rings. The lowest BCUT2D eigenvalue weighted by Gasteiger charge is -2.25. The summed E-state index contributed by atoms with van der Waals surface area (Å²) >= 11 is 0. The van der Waals surface area contributed by atoms with Gasteiger partial charge in [-0.05, 0) is 18.8 Å². The largest absolute Gasteiger partial charge is 0.481 e. The molecule has 1 heterocycles. The van der Waals surface area contributed by atoms with Gasteiger partial charge in [-0.3, -0.25) is 0 Å². The van der Waals surface area contributed by atoms with Crippen molar-refractivity contribution in [2.75, 3.05) is 13.7 Å². The van der Waals surface area contributed by atoms with Gasteiger partial charge in [0.1, 0.15) is 0 Å². The van der Waals surface area contributed by atoms with Crippen LogP contribution in [0, 0.1) is 12.3 Å². The minimum atomic E-state index is 0.346. The van der Waals surface area contributed by atoms with Crippen LogP contribution in [-0.4, -0.2) is 23.4 Å². The van der Waals surface area contributed by atoms with Gasteiger partial charge < -0.3 is 10.1 Å². The van der Waals surface area contributed by atoms with Crippen molar-refractivity contribution < 1.29 is 4.74 Å². The highest BCUT2D eigenvalue weighted by Gasteiger charge is 2.18. The Balaban J connectivity index is 2.48. The molecule has 4 nitrogen and oxygen atoms in total. The normalized spacial score (nSPS) is 11.9. The third kappa shape index (κ3) is 4.82.